The Kier molecular flexibility index (Phi) is 3.59. The molecule has 6 heteroatoms. The van der Waals surface area contributed by atoms with Crippen molar-refractivity contribution in [1.29, 1.82) is 0 Å². The maximum Gasteiger partial charge on any atom is 0.308 e. The van der Waals surface area contributed by atoms with Crippen molar-refractivity contribution in [3.63, 3.8) is 0 Å². The van der Waals surface area contributed by atoms with Crippen molar-refractivity contribution < 1.29 is 14.7 Å². The van der Waals surface area contributed by atoms with Gasteiger partial charge in [0, 0.05) is 31.3 Å². The molecule has 1 aromatic heterocycles. The van der Waals surface area contributed by atoms with E-state index in [0.717, 1.165) is 5.56 Å². The van der Waals surface area contributed by atoms with Crippen LogP contribution in [-0.4, -0.2) is 38.7 Å². The van der Waals surface area contributed by atoms with Crippen molar-refractivity contribution in [2.24, 2.45) is 5.92 Å². The van der Waals surface area contributed by atoms with Crippen LogP contribution in [0.15, 0.2) is 12.4 Å². The third-order valence-corrected chi connectivity index (χ3v) is 3.67. The number of carbonyl (C=O) groups excluding carboxylic acids is 1. The van der Waals surface area contributed by atoms with Crippen molar-refractivity contribution in [2.45, 2.75) is 38.8 Å². The lowest BCUT2D eigenvalue weighted by atomic mass is 9.86. The summed E-state index contributed by atoms with van der Waals surface area (Å²) in [6.07, 6.45) is 4.17. The Morgan fingerprint density at radius 2 is 2.21 bits per heavy atom. The number of nitrogens with zero attached hydrogens (tertiary/aromatic N) is 3. The van der Waals surface area contributed by atoms with E-state index in [9.17, 15) is 14.7 Å². The molecule has 1 N–H and O–H groups in total. The van der Waals surface area contributed by atoms with Crippen LogP contribution in [-0.2, 0) is 9.59 Å². The molecule has 0 spiro atoms. The Morgan fingerprint density at radius 1 is 1.53 bits per heavy atom. The molecular formula is C13H19N3O3. The second-order valence-electron chi connectivity index (χ2n) is 5.28. The highest BCUT2D eigenvalue weighted by atomic mass is 16.4. The molecular weight excluding hydrogens is 246 g/mol. The molecule has 1 aliphatic rings. The standard InChI is InChI=1S/C13H19N3O3/c1-8(2)16-7-9(6-14-16)12-10(13(18)19)4-5-11(17)15(12)3/h6-8,10,12H,4-5H2,1-3H3,(H,18,19). The fourth-order valence-corrected chi connectivity index (χ4v) is 2.54. The Bertz CT molecular complexity index is 495. The maximum atomic E-state index is 11.8. The molecule has 0 aliphatic carbocycles. The van der Waals surface area contributed by atoms with Crippen LogP contribution in [0.1, 0.15) is 44.3 Å². The van der Waals surface area contributed by atoms with Gasteiger partial charge in [-0.1, -0.05) is 0 Å². The Labute approximate surface area is 112 Å². The molecule has 0 radical (unpaired) electrons. The van der Waals surface area contributed by atoms with Crippen LogP contribution < -0.4 is 0 Å². The third kappa shape index (κ3) is 2.47. The number of hydrogen-bond donors (Lipinski definition) is 1. The highest BCUT2D eigenvalue weighted by Crippen LogP contribution is 2.35. The molecule has 1 aliphatic heterocycles. The zero-order valence-electron chi connectivity index (χ0n) is 11.4. The fraction of sp³-hybridized carbons (Fsp3) is 0.615. The first-order chi connectivity index (χ1) is 8.91. The van der Waals surface area contributed by atoms with Gasteiger partial charge < -0.3 is 10.0 Å². The predicted octanol–water partition coefficient (Wildman–Crippen LogP) is 1.46. The van der Waals surface area contributed by atoms with Gasteiger partial charge in [0.25, 0.3) is 0 Å². The molecule has 0 bridgehead atoms. The molecule has 2 unspecified atom stereocenters. The summed E-state index contributed by atoms with van der Waals surface area (Å²) < 4.78 is 1.78. The van der Waals surface area contributed by atoms with E-state index in [4.69, 9.17) is 0 Å². The summed E-state index contributed by atoms with van der Waals surface area (Å²) in [5.74, 6) is -1.44. The summed E-state index contributed by atoms with van der Waals surface area (Å²) in [5.41, 5.74) is 0.789. The van der Waals surface area contributed by atoms with Crippen molar-refractivity contribution in [1.82, 2.24) is 14.7 Å². The van der Waals surface area contributed by atoms with Gasteiger partial charge in [-0.15, -0.1) is 0 Å². The predicted molar refractivity (Wildman–Crippen MR) is 68.5 cm³/mol. The summed E-state index contributed by atoms with van der Waals surface area (Å²) in [6, 6.07) is -0.215. The van der Waals surface area contributed by atoms with Gasteiger partial charge in [0.2, 0.25) is 5.91 Å². The SMILES string of the molecule is CC(C)n1cc(C2C(C(=O)O)CCC(=O)N2C)cn1. The van der Waals surface area contributed by atoms with Gasteiger partial charge in [-0.25, -0.2) is 0 Å². The minimum absolute atomic E-state index is 0.0141. The van der Waals surface area contributed by atoms with Gasteiger partial charge in [0.15, 0.2) is 0 Å². The average molecular weight is 265 g/mol. The van der Waals surface area contributed by atoms with E-state index in [1.807, 2.05) is 20.0 Å². The second kappa shape index (κ2) is 5.03. The van der Waals surface area contributed by atoms with Crippen molar-refractivity contribution in [3.05, 3.63) is 18.0 Å². The minimum Gasteiger partial charge on any atom is -0.481 e. The quantitative estimate of drug-likeness (QED) is 0.897. The van der Waals surface area contributed by atoms with Crippen LogP contribution >= 0.6 is 0 Å². The Morgan fingerprint density at radius 3 is 2.74 bits per heavy atom. The average Bonchev–Trinajstić information content (AvgIpc) is 2.81. The third-order valence-electron chi connectivity index (χ3n) is 3.67. The normalized spacial score (nSPS) is 24.0. The zero-order valence-corrected chi connectivity index (χ0v) is 11.4. The van der Waals surface area contributed by atoms with Gasteiger partial charge >= 0.3 is 5.97 Å². The fourth-order valence-electron chi connectivity index (χ4n) is 2.54. The topological polar surface area (TPSA) is 75.4 Å². The second-order valence-corrected chi connectivity index (χ2v) is 5.28. The van der Waals surface area contributed by atoms with E-state index in [0.29, 0.717) is 12.8 Å². The lowest BCUT2D eigenvalue weighted by Gasteiger charge is -2.36. The first-order valence-corrected chi connectivity index (χ1v) is 6.44. The van der Waals surface area contributed by atoms with Gasteiger partial charge in [-0.3, -0.25) is 14.3 Å². The van der Waals surface area contributed by atoms with Crippen LogP contribution in [0.2, 0.25) is 0 Å². The first kappa shape index (κ1) is 13.6. The van der Waals surface area contributed by atoms with Crippen molar-refractivity contribution in [3.8, 4) is 0 Å². The number of hydrogen-bond acceptors (Lipinski definition) is 3. The van der Waals surface area contributed by atoms with E-state index >= 15 is 0 Å². The number of carboxylic acid groups (broad SMARTS) is 1. The van der Waals surface area contributed by atoms with Crippen molar-refractivity contribution >= 4 is 11.9 Å². The number of piperidine rings is 1. The van der Waals surface area contributed by atoms with E-state index in [1.165, 1.54) is 4.90 Å². The highest BCUT2D eigenvalue weighted by molar-refractivity contribution is 5.81. The Balaban J connectivity index is 2.35. The van der Waals surface area contributed by atoms with E-state index in [2.05, 4.69) is 5.10 Å². The molecule has 1 saturated heterocycles. The number of rotatable bonds is 3. The van der Waals surface area contributed by atoms with Crippen LogP contribution in [0.3, 0.4) is 0 Å². The van der Waals surface area contributed by atoms with Crippen LogP contribution in [0.5, 0.6) is 0 Å². The highest BCUT2D eigenvalue weighted by Gasteiger charge is 2.39. The minimum atomic E-state index is -0.860. The summed E-state index contributed by atoms with van der Waals surface area (Å²) in [6.45, 7) is 4.00. The smallest absolute Gasteiger partial charge is 0.308 e. The van der Waals surface area contributed by atoms with Crippen LogP contribution in [0.25, 0.3) is 0 Å². The lowest BCUT2D eigenvalue weighted by Crippen LogP contribution is -2.42. The van der Waals surface area contributed by atoms with Gasteiger partial charge in [-0.05, 0) is 20.3 Å². The summed E-state index contributed by atoms with van der Waals surface area (Å²) in [5, 5.41) is 13.6. The van der Waals surface area contributed by atoms with E-state index < -0.39 is 17.9 Å². The summed E-state index contributed by atoms with van der Waals surface area (Å²) in [4.78, 5) is 24.7. The molecule has 0 aromatic carbocycles. The number of aliphatic carboxylic acids is 1. The number of carboxylic acids is 1. The molecule has 1 fully saturated rings. The number of carbonyl (C=O) groups is 2. The number of likely N-dealkylation sites (tertiary alicyclic amines) is 1. The van der Waals surface area contributed by atoms with E-state index in [-0.39, 0.29) is 11.9 Å². The van der Waals surface area contributed by atoms with Crippen LogP contribution in [0.4, 0.5) is 0 Å². The van der Waals surface area contributed by atoms with Crippen LogP contribution in [0, 0.1) is 5.92 Å². The molecule has 2 atom stereocenters. The lowest BCUT2D eigenvalue weighted by molar-refractivity contribution is -0.150. The molecule has 0 saturated carbocycles. The molecule has 1 aromatic rings. The molecule has 19 heavy (non-hydrogen) atoms. The molecule has 104 valence electrons. The maximum absolute atomic E-state index is 11.8. The first-order valence-electron chi connectivity index (χ1n) is 6.44. The van der Waals surface area contributed by atoms with E-state index in [1.54, 1.807) is 17.9 Å². The monoisotopic (exact) mass is 265 g/mol. The Hall–Kier alpha value is -1.85. The molecule has 2 rings (SSSR count). The number of aromatic nitrogens is 2. The summed E-state index contributed by atoms with van der Waals surface area (Å²) >= 11 is 0. The molecule has 6 nitrogen and oxygen atoms in total. The number of amides is 1. The largest absolute Gasteiger partial charge is 0.481 e. The van der Waals surface area contributed by atoms with Gasteiger partial charge in [-0.2, -0.15) is 5.10 Å². The zero-order chi connectivity index (χ0) is 14.2. The van der Waals surface area contributed by atoms with Gasteiger partial charge in [0.1, 0.15) is 0 Å². The summed E-state index contributed by atoms with van der Waals surface area (Å²) in [7, 11) is 1.66. The van der Waals surface area contributed by atoms with Crippen molar-refractivity contribution in [2.75, 3.05) is 7.05 Å². The molecule has 1 amide bonds. The van der Waals surface area contributed by atoms with Gasteiger partial charge in [0.05, 0.1) is 18.2 Å². The molecule has 2 heterocycles.